The lowest BCUT2D eigenvalue weighted by atomic mass is 10.1. The van der Waals surface area contributed by atoms with Crippen molar-refractivity contribution in [3.63, 3.8) is 0 Å². The van der Waals surface area contributed by atoms with E-state index >= 15 is 0 Å². The van der Waals surface area contributed by atoms with Crippen molar-refractivity contribution in [1.29, 1.82) is 0 Å². The average Bonchev–Trinajstić information content (AvgIpc) is 3.16. The molecule has 1 N–H and O–H groups in total. The van der Waals surface area contributed by atoms with Crippen LogP contribution in [0.15, 0.2) is 67.0 Å². The molecule has 4 rings (SSSR count). The molecule has 2 heterocycles. The highest BCUT2D eigenvalue weighted by Gasteiger charge is 2.11. The van der Waals surface area contributed by atoms with Gasteiger partial charge in [0.2, 0.25) is 0 Å². The second-order valence-corrected chi connectivity index (χ2v) is 5.86. The summed E-state index contributed by atoms with van der Waals surface area (Å²) in [5, 5.41) is 12.0. The van der Waals surface area contributed by atoms with Gasteiger partial charge in [-0.1, -0.05) is 36.4 Å². The number of nitrogens with one attached hydrogen (secondary N) is 1. The molecule has 0 aliphatic carbocycles. The van der Waals surface area contributed by atoms with Gasteiger partial charge < -0.3 is 9.88 Å². The van der Waals surface area contributed by atoms with Gasteiger partial charge >= 0.3 is 0 Å². The maximum atomic E-state index is 12.6. The first-order valence-corrected chi connectivity index (χ1v) is 8.40. The molecule has 0 spiro atoms. The van der Waals surface area contributed by atoms with E-state index in [4.69, 9.17) is 0 Å². The monoisotopic (exact) mass is 343 g/mol. The van der Waals surface area contributed by atoms with E-state index in [0.29, 0.717) is 11.4 Å². The van der Waals surface area contributed by atoms with Crippen LogP contribution in [0.4, 0.5) is 5.69 Å². The zero-order chi connectivity index (χ0) is 17.9. The Bertz CT molecular complexity index is 1090. The third-order valence-electron chi connectivity index (χ3n) is 4.17. The van der Waals surface area contributed by atoms with Gasteiger partial charge in [0.15, 0.2) is 5.82 Å². The number of aromatic nitrogens is 4. The number of carbonyl (C=O) groups excluding carboxylic acids is 1. The Labute approximate surface area is 150 Å². The molecule has 0 saturated carbocycles. The second kappa shape index (κ2) is 6.76. The first-order valence-electron chi connectivity index (χ1n) is 8.40. The van der Waals surface area contributed by atoms with E-state index < -0.39 is 0 Å². The van der Waals surface area contributed by atoms with Crippen LogP contribution in [-0.4, -0.2) is 25.7 Å². The number of nitrogens with zero attached hydrogens (tertiary/aromatic N) is 4. The molecule has 128 valence electrons. The quantitative estimate of drug-likeness (QED) is 0.612. The van der Waals surface area contributed by atoms with Crippen molar-refractivity contribution in [2.45, 2.75) is 13.5 Å². The lowest BCUT2D eigenvalue weighted by Crippen LogP contribution is -2.13. The van der Waals surface area contributed by atoms with Gasteiger partial charge in [-0.25, -0.2) is 4.98 Å². The standard InChI is InChI=1S/C20H17N5O/c1-2-25-13-21-24-19(25)15-7-5-8-16(12-15)22-20(26)18-11-10-14-6-3-4-9-17(14)23-18/h3-13H,2H2,1H3,(H,22,26). The number of hydrogen-bond donors (Lipinski definition) is 1. The van der Waals surface area contributed by atoms with Crippen LogP contribution < -0.4 is 5.32 Å². The molecule has 0 aliphatic heterocycles. The molecule has 0 aliphatic rings. The van der Waals surface area contributed by atoms with Gasteiger partial charge in [-0.05, 0) is 31.2 Å². The summed E-state index contributed by atoms with van der Waals surface area (Å²) >= 11 is 0. The largest absolute Gasteiger partial charge is 0.321 e. The number of fused-ring (bicyclic) bond motifs is 1. The van der Waals surface area contributed by atoms with E-state index in [-0.39, 0.29) is 5.91 Å². The molecule has 4 aromatic rings. The highest BCUT2D eigenvalue weighted by molar-refractivity contribution is 6.04. The van der Waals surface area contributed by atoms with Crippen molar-refractivity contribution in [3.05, 3.63) is 72.7 Å². The van der Waals surface area contributed by atoms with Crippen LogP contribution in [0.5, 0.6) is 0 Å². The summed E-state index contributed by atoms with van der Waals surface area (Å²) in [6.45, 7) is 2.81. The number of hydrogen-bond acceptors (Lipinski definition) is 4. The van der Waals surface area contributed by atoms with Crippen LogP contribution in [0, 0.1) is 0 Å². The van der Waals surface area contributed by atoms with E-state index in [2.05, 4.69) is 20.5 Å². The number of aryl methyl sites for hydroxylation is 1. The lowest BCUT2D eigenvalue weighted by molar-refractivity contribution is 0.102. The highest BCUT2D eigenvalue weighted by atomic mass is 16.1. The normalized spacial score (nSPS) is 10.8. The van der Waals surface area contributed by atoms with Crippen molar-refractivity contribution in [2.75, 3.05) is 5.32 Å². The van der Waals surface area contributed by atoms with E-state index in [1.807, 2.05) is 66.1 Å². The minimum Gasteiger partial charge on any atom is -0.321 e. The fourth-order valence-corrected chi connectivity index (χ4v) is 2.83. The Morgan fingerprint density at radius 3 is 2.85 bits per heavy atom. The lowest BCUT2D eigenvalue weighted by Gasteiger charge is -2.08. The van der Waals surface area contributed by atoms with Crippen molar-refractivity contribution >= 4 is 22.5 Å². The number of rotatable bonds is 4. The molecule has 0 atom stereocenters. The molecule has 0 unspecified atom stereocenters. The molecule has 2 aromatic heterocycles. The first kappa shape index (κ1) is 16.0. The smallest absolute Gasteiger partial charge is 0.274 e. The van der Waals surface area contributed by atoms with Crippen molar-refractivity contribution < 1.29 is 4.79 Å². The highest BCUT2D eigenvalue weighted by Crippen LogP contribution is 2.21. The Hall–Kier alpha value is -3.54. The topological polar surface area (TPSA) is 72.7 Å². The SMILES string of the molecule is CCn1cnnc1-c1cccc(NC(=O)c2ccc3ccccc3n2)c1. The Morgan fingerprint density at radius 1 is 1.08 bits per heavy atom. The van der Waals surface area contributed by atoms with E-state index in [9.17, 15) is 4.79 Å². The van der Waals surface area contributed by atoms with Crippen molar-refractivity contribution in [2.24, 2.45) is 0 Å². The van der Waals surface area contributed by atoms with Crippen molar-refractivity contribution in [1.82, 2.24) is 19.7 Å². The minimum absolute atomic E-state index is 0.245. The number of anilines is 1. The van der Waals surface area contributed by atoms with E-state index in [1.54, 1.807) is 12.4 Å². The Balaban J connectivity index is 1.60. The van der Waals surface area contributed by atoms with Gasteiger partial charge in [0.1, 0.15) is 12.0 Å². The molecule has 2 aromatic carbocycles. The second-order valence-electron chi connectivity index (χ2n) is 5.86. The fraction of sp³-hybridized carbons (Fsp3) is 0.100. The molecule has 1 amide bonds. The summed E-state index contributed by atoms with van der Waals surface area (Å²) in [6, 6.07) is 18.9. The van der Waals surface area contributed by atoms with Crippen LogP contribution in [0.25, 0.3) is 22.3 Å². The third kappa shape index (κ3) is 3.04. The molecule has 6 heteroatoms. The zero-order valence-electron chi connectivity index (χ0n) is 14.3. The molecule has 0 bridgehead atoms. The third-order valence-corrected chi connectivity index (χ3v) is 4.17. The van der Waals surface area contributed by atoms with Gasteiger partial charge in [-0.3, -0.25) is 4.79 Å². The van der Waals surface area contributed by atoms with Gasteiger partial charge in [0.25, 0.3) is 5.91 Å². The number of amides is 1. The first-order chi connectivity index (χ1) is 12.7. The molecule has 26 heavy (non-hydrogen) atoms. The van der Waals surface area contributed by atoms with Crippen LogP contribution in [-0.2, 0) is 6.54 Å². The molecule has 0 radical (unpaired) electrons. The predicted octanol–water partition coefficient (Wildman–Crippen LogP) is 3.77. The number of para-hydroxylation sites is 1. The van der Waals surface area contributed by atoms with Crippen LogP contribution in [0.2, 0.25) is 0 Å². The van der Waals surface area contributed by atoms with Gasteiger partial charge in [0.05, 0.1) is 5.52 Å². The van der Waals surface area contributed by atoms with Crippen molar-refractivity contribution in [3.8, 4) is 11.4 Å². The van der Waals surface area contributed by atoms with Crippen LogP contribution in [0.3, 0.4) is 0 Å². The average molecular weight is 343 g/mol. The summed E-state index contributed by atoms with van der Waals surface area (Å²) < 4.78 is 1.95. The number of carbonyl (C=O) groups is 1. The van der Waals surface area contributed by atoms with E-state index in [0.717, 1.165) is 28.8 Å². The molecular formula is C20H17N5O. The summed E-state index contributed by atoms with van der Waals surface area (Å²) in [5.41, 5.74) is 2.76. The van der Waals surface area contributed by atoms with Crippen LogP contribution >= 0.6 is 0 Å². The molecule has 0 saturated heterocycles. The number of benzene rings is 2. The zero-order valence-corrected chi connectivity index (χ0v) is 14.3. The predicted molar refractivity (Wildman–Crippen MR) is 101 cm³/mol. The Morgan fingerprint density at radius 2 is 1.96 bits per heavy atom. The maximum Gasteiger partial charge on any atom is 0.274 e. The number of pyridine rings is 1. The fourth-order valence-electron chi connectivity index (χ4n) is 2.83. The van der Waals surface area contributed by atoms with Gasteiger partial charge in [-0.2, -0.15) is 0 Å². The summed E-state index contributed by atoms with van der Waals surface area (Å²) in [4.78, 5) is 17.0. The maximum absolute atomic E-state index is 12.6. The van der Waals surface area contributed by atoms with Crippen LogP contribution in [0.1, 0.15) is 17.4 Å². The molecule has 0 fully saturated rings. The minimum atomic E-state index is -0.245. The van der Waals surface area contributed by atoms with Gasteiger partial charge in [0, 0.05) is 23.2 Å². The van der Waals surface area contributed by atoms with Gasteiger partial charge in [-0.15, -0.1) is 10.2 Å². The van der Waals surface area contributed by atoms with E-state index in [1.165, 1.54) is 0 Å². The molecule has 6 nitrogen and oxygen atoms in total. The summed E-state index contributed by atoms with van der Waals surface area (Å²) in [7, 11) is 0. The summed E-state index contributed by atoms with van der Waals surface area (Å²) in [6.07, 6.45) is 1.69. The molecular weight excluding hydrogens is 326 g/mol. The Kier molecular flexibility index (Phi) is 4.15. The summed E-state index contributed by atoms with van der Waals surface area (Å²) in [5.74, 6) is 0.525.